The Morgan fingerprint density at radius 3 is 2.64 bits per heavy atom. The van der Waals surface area contributed by atoms with E-state index < -0.39 is 0 Å². The van der Waals surface area contributed by atoms with Crippen LogP contribution in [0.2, 0.25) is 0 Å². The smallest absolute Gasteiger partial charge is 0.177 e. The molecule has 4 heteroatoms. The molecule has 1 N–H and O–H groups in total. The predicted molar refractivity (Wildman–Crippen MR) is 95.6 cm³/mol. The molecule has 0 amide bonds. The van der Waals surface area contributed by atoms with Crippen molar-refractivity contribution in [3.05, 3.63) is 70.8 Å². The fourth-order valence-corrected chi connectivity index (χ4v) is 3.18. The summed E-state index contributed by atoms with van der Waals surface area (Å²) in [5.41, 5.74) is 9.14. The Hall–Kier alpha value is -2.07. The summed E-state index contributed by atoms with van der Waals surface area (Å²) < 4.78 is 0. The average Bonchev–Trinajstić information content (AvgIpc) is 2.55. The van der Waals surface area contributed by atoms with E-state index in [9.17, 15) is 0 Å². The summed E-state index contributed by atoms with van der Waals surface area (Å²) in [6, 6.07) is 16.7. The Morgan fingerprint density at radius 1 is 1.14 bits per heavy atom. The van der Waals surface area contributed by atoms with Gasteiger partial charge in [0.1, 0.15) is 0 Å². The van der Waals surface area contributed by atoms with E-state index in [1.165, 1.54) is 22.3 Å². The largest absolute Gasteiger partial charge is 0.256 e. The van der Waals surface area contributed by atoms with Gasteiger partial charge in [0.15, 0.2) is 5.17 Å². The second-order valence-corrected chi connectivity index (χ2v) is 6.35. The van der Waals surface area contributed by atoms with E-state index in [0.717, 1.165) is 16.6 Å². The van der Waals surface area contributed by atoms with Crippen LogP contribution in [0.3, 0.4) is 0 Å². The van der Waals surface area contributed by atoms with Gasteiger partial charge in [0, 0.05) is 11.3 Å². The molecule has 3 nitrogen and oxygen atoms in total. The SMILES string of the molecule is Cc1ccc(C2=NNC(=NCc3ccccc3)SC2)c(C)c1. The number of nitrogens with zero attached hydrogens (tertiary/aromatic N) is 2. The predicted octanol–water partition coefficient (Wildman–Crippen LogP) is 3.90. The third-order valence-electron chi connectivity index (χ3n) is 3.57. The first-order valence-corrected chi connectivity index (χ1v) is 8.32. The Labute approximate surface area is 135 Å². The van der Waals surface area contributed by atoms with Crippen molar-refractivity contribution in [2.45, 2.75) is 20.4 Å². The number of rotatable bonds is 3. The molecule has 0 saturated carbocycles. The fourth-order valence-electron chi connectivity index (χ4n) is 2.42. The number of hydrogen-bond acceptors (Lipinski definition) is 3. The summed E-state index contributed by atoms with van der Waals surface area (Å²) in [4.78, 5) is 4.58. The lowest BCUT2D eigenvalue weighted by Gasteiger charge is -2.16. The van der Waals surface area contributed by atoms with Crippen molar-refractivity contribution in [3.63, 3.8) is 0 Å². The summed E-state index contributed by atoms with van der Waals surface area (Å²) in [7, 11) is 0. The molecule has 0 spiro atoms. The summed E-state index contributed by atoms with van der Waals surface area (Å²) in [5.74, 6) is 0.852. The van der Waals surface area contributed by atoms with Gasteiger partial charge in [-0.2, -0.15) is 5.10 Å². The van der Waals surface area contributed by atoms with Gasteiger partial charge in [-0.3, -0.25) is 10.4 Å². The second-order valence-electron chi connectivity index (χ2n) is 5.38. The average molecular weight is 309 g/mol. The second kappa shape index (κ2) is 6.79. The molecule has 0 saturated heterocycles. The van der Waals surface area contributed by atoms with Gasteiger partial charge >= 0.3 is 0 Å². The maximum Gasteiger partial charge on any atom is 0.177 e. The van der Waals surface area contributed by atoms with Crippen molar-refractivity contribution in [1.82, 2.24) is 5.43 Å². The molecule has 2 aromatic carbocycles. The molecule has 0 radical (unpaired) electrons. The van der Waals surface area contributed by atoms with E-state index in [-0.39, 0.29) is 0 Å². The first kappa shape index (κ1) is 14.9. The minimum atomic E-state index is 0.685. The Balaban J connectivity index is 1.69. The molecule has 1 heterocycles. The quantitative estimate of drug-likeness (QED) is 0.933. The number of aryl methyl sites for hydroxylation is 2. The Bertz CT molecular complexity index is 720. The van der Waals surface area contributed by atoms with Crippen LogP contribution in [0.1, 0.15) is 22.3 Å². The maximum atomic E-state index is 4.58. The van der Waals surface area contributed by atoms with Crippen molar-refractivity contribution in [3.8, 4) is 0 Å². The standard InChI is InChI=1S/C18H19N3S/c1-13-8-9-16(14(2)10-13)17-12-22-18(21-20-17)19-11-15-6-4-3-5-7-15/h3-10H,11-12H2,1-2H3,(H,19,21). The molecule has 0 bridgehead atoms. The lowest BCUT2D eigenvalue weighted by atomic mass is 10.0. The first-order valence-electron chi connectivity index (χ1n) is 7.34. The lowest BCUT2D eigenvalue weighted by molar-refractivity contribution is 0.986. The van der Waals surface area contributed by atoms with Crippen LogP contribution in [0, 0.1) is 13.8 Å². The van der Waals surface area contributed by atoms with Crippen LogP contribution in [0.25, 0.3) is 0 Å². The van der Waals surface area contributed by atoms with Crippen molar-refractivity contribution in [2.75, 3.05) is 5.75 Å². The maximum absolute atomic E-state index is 4.58. The molecule has 0 aliphatic carbocycles. The van der Waals surface area contributed by atoms with Crippen LogP contribution in [-0.4, -0.2) is 16.6 Å². The molecular formula is C18H19N3S. The van der Waals surface area contributed by atoms with Gasteiger partial charge in [-0.15, -0.1) is 0 Å². The van der Waals surface area contributed by atoms with Crippen LogP contribution >= 0.6 is 11.8 Å². The minimum Gasteiger partial charge on any atom is -0.256 e. The van der Waals surface area contributed by atoms with Gasteiger partial charge in [-0.1, -0.05) is 65.9 Å². The number of nitrogens with one attached hydrogen (secondary N) is 1. The lowest BCUT2D eigenvalue weighted by Crippen LogP contribution is -2.26. The van der Waals surface area contributed by atoms with Crippen LogP contribution < -0.4 is 5.43 Å². The van der Waals surface area contributed by atoms with Crippen LogP contribution in [0.15, 0.2) is 58.6 Å². The van der Waals surface area contributed by atoms with Gasteiger partial charge < -0.3 is 0 Å². The van der Waals surface area contributed by atoms with Gasteiger partial charge in [-0.05, 0) is 25.0 Å². The van der Waals surface area contributed by atoms with Crippen LogP contribution in [-0.2, 0) is 6.54 Å². The van der Waals surface area contributed by atoms with E-state index in [2.05, 4.69) is 59.7 Å². The van der Waals surface area contributed by atoms with Crippen molar-refractivity contribution in [1.29, 1.82) is 0 Å². The zero-order valence-corrected chi connectivity index (χ0v) is 13.7. The highest BCUT2D eigenvalue weighted by Gasteiger charge is 2.14. The van der Waals surface area contributed by atoms with Gasteiger partial charge in [0.05, 0.1) is 12.3 Å². The first-order chi connectivity index (χ1) is 10.7. The Morgan fingerprint density at radius 2 is 1.95 bits per heavy atom. The highest BCUT2D eigenvalue weighted by atomic mass is 32.2. The molecule has 1 aliphatic heterocycles. The van der Waals surface area contributed by atoms with Gasteiger partial charge in [0.25, 0.3) is 0 Å². The molecule has 0 fully saturated rings. The highest BCUT2D eigenvalue weighted by molar-refractivity contribution is 8.14. The summed E-state index contributed by atoms with van der Waals surface area (Å²) in [5, 5.41) is 5.39. The fraction of sp³-hybridized carbons (Fsp3) is 0.222. The molecule has 0 unspecified atom stereocenters. The minimum absolute atomic E-state index is 0.685. The third-order valence-corrected chi connectivity index (χ3v) is 4.48. The molecule has 3 rings (SSSR count). The van der Waals surface area contributed by atoms with E-state index in [1.54, 1.807) is 11.8 Å². The molecule has 0 atom stereocenters. The van der Waals surface area contributed by atoms with E-state index in [1.807, 2.05) is 18.2 Å². The molecular weight excluding hydrogens is 290 g/mol. The zero-order valence-electron chi connectivity index (χ0n) is 12.8. The topological polar surface area (TPSA) is 36.8 Å². The number of amidine groups is 1. The highest BCUT2D eigenvalue weighted by Crippen LogP contribution is 2.18. The van der Waals surface area contributed by atoms with Crippen LogP contribution in [0.5, 0.6) is 0 Å². The number of benzene rings is 2. The van der Waals surface area contributed by atoms with Crippen molar-refractivity contribution >= 4 is 22.6 Å². The number of hydrazone groups is 1. The normalized spacial score (nSPS) is 16.3. The van der Waals surface area contributed by atoms with Gasteiger partial charge in [-0.25, -0.2) is 0 Å². The summed E-state index contributed by atoms with van der Waals surface area (Å²) in [6.45, 7) is 4.93. The zero-order chi connectivity index (χ0) is 15.4. The van der Waals surface area contributed by atoms with Crippen molar-refractivity contribution in [2.24, 2.45) is 10.1 Å². The van der Waals surface area contributed by atoms with E-state index in [4.69, 9.17) is 0 Å². The third kappa shape index (κ3) is 3.57. The molecule has 2 aromatic rings. The van der Waals surface area contributed by atoms with E-state index in [0.29, 0.717) is 6.54 Å². The summed E-state index contributed by atoms with van der Waals surface area (Å²) in [6.07, 6.45) is 0. The van der Waals surface area contributed by atoms with Gasteiger partial charge in [0.2, 0.25) is 0 Å². The molecule has 1 aliphatic rings. The van der Waals surface area contributed by atoms with Crippen molar-refractivity contribution < 1.29 is 0 Å². The number of aliphatic imine (C=N–C) groups is 1. The molecule has 22 heavy (non-hydrogen) atoms. The summed E-state index contributed by atoms with van der Waals surface area (Å²) >= 11 is 1.71. The Kier molecular flexibility index (Phi) is 4.59. The number of hydrogen-bond donors (Lipinski definition) is 1. The van der Waals surface area contributed by atoms with Crippen LogP contribution in [0.4, 0.5) is 0 Å². The molecule has 112 valence electrons. The molecule has 0 aromatic heterocycles. The monoisotopic (exact) mass is 309 g/mol. The number of thioether (sulfide) groups is 1. The van der Waals surface area contributed by atoms with E-state index >= 15 is 0 Å².